The molecular weight excluding hydrogens is 341 g/mol. The molecule has 0 amide bonds. The molecule has 3 rings (SSSR count). The summed E-state index contributed by atoms with van der Waals surface area (Å²) in [5.41, 5.74) is 0.377. The summed E-state index contributed by atoms with van der Waals surface area (Å²) >= 11 is 11.9. The molecule has 1 aromatic heterocycles. The number of rotatable bonds is 4. The summed E-state index contributed by atoms with van der Waals surface area (Å²) in [7, 11) is 0. The first-order chi connectivity index (χ1) is 11.0. The Morgan fingerprint density at radius 3 is 2.39 bits per heavy atom. The van der Waals surface area contributed by atoms with Crippen molar-refractivity contribution >= 4 is 46.2 Å². The molecule has 7 nitrogen and oxygen atoms in total. The first-order valence-electron chi connectivity index (χ1n) is 7.02. The minimum atomic E-state index is -0.470. The second kappa shape index (κ2) is 6.55. The van der Waals surface area contributed by atoms with Gasteiger partial charge in [0.1, 0.15) is 6.33 Å². The first-order valence-corrected chi connectivity index (χ1v) is 7.77. The maximum absolute atomic E-state index is 11.5. The smallest absolute Gasteiger partial charge is 0.351 e. The van der Waals surface area contributed by atoms with Crippen molar-refractivity contribution in [1.82, 2.24) is 9.97 Å². The van der Waals surface area contributed by atoms with Crippen LogP contribution in [-0.4, -0.2) is 28.0 Å². The van der Waals surface area contributed by atoms with Crippen LogP contribution < -0.4 is 10.2 Å². The van der Waals surface area contributed by atoms with Crippen molar-refractivity contribution in [1.29, 1.82) is 0 Å². The van der Waals surface area contributed by atoms with Crippen LogP contribution in [-0.2, 0) is 0 Å². The van der Waals surface area contributed by atoms with Crippen LogP contribution >= 0.6 is 23.2 Å². The van der Waals surface area contributed by atoms with Crippen LogP contribution in [0.25, 0.3) is 0 Å². The van der Waals surface area contributed by atoms with Gasteiger partial charge in [-0.25, -0.2) is 9.97 Å². The average Bonchev–Trinajstić information content (AvgIpc) is 2.99. The van der Waals surface area contributed by atoms with E-state index in [1.165, 1.54) is 6.33 Å². The molecule has 9 heteroatoms. The van der Waals surface area contributed by atoms with Gasteiger partial charge in [0.2, 0.25) is 11.6 Å². The van der Waals surface area contributed by atoms with Gasteiger partial charge in [0.15, 0.2) is 0 Å². The lowest BCUT2D eigenvalue weighted by molar-refractivity contribution is -0.383. The molecule has 0 radical (unpaired) electrons. The molecule has 23 heavy (non-hydrogen) atoms. The molecule has 1 aliphatic heterocycles. The molecule has 0 atom stereocenters. The number of nitrogens with one attached hydrogen (secondary N) is 1. The third-order valence-corrected chi connectivity index (χ3v) is 3.95. The van der Waals surface area contributed by atoms with E-state index >= 15 is 0 Å². The summed E-state index contributed by atoms with van der Waals surface area (Å²) < 4.78 is 0. The fourth-order valence-electron chi connectivity index (χ4n) is 2.55. The van der Waals surface area contributed by atoms with E-state index in [9.17, 15) is 10.1 Å². The van der Waals surface area contributed by atoms with Crippen molar-refractivity contribution in [3.8, 4) is 0 Å². The number of nitro groups is 1. The zero-order valence-electron chi connectivity index (χ0n) is 12.0. The van der Waals surface area contributed by atoms with E-state index in [-0.39, 0.29) is 11.5 Å². The summed E-state index contributed by atoms with van der Waals surface area (Å²) in [6.45, 7) is 1.50. The van der Waals surface area contributed by atoms with Gasteiger partial charge in [-0.1, -0.05) is 23.2 Å². The second-order valence-corrected chi connectivity index (χ2v) is 6.00. The van der Waals surface area contributed by atoms with E-state index < -0.39 is 4.92 Å². The molecule has 1 fully saturated rings. The molecule has 0 aliphatic carbocycles. The quantitative estimate of drug-likeness (QED) is 0.659. The fourth-order valence-corrected chi connectivity index (χ4v) is 3.08. The van der Waals surface area contributed by atoms with E-state index in [0.717, 1.165) is 25.9 Å². The Kier molecular flexibility index (Phi) is 4.49. The second-order valence-electron chi connectivity index (χ2n) is 5.13. The summed E-state index contributed by atoms with van der Waals surface area (Å²) in [5.74, 6) is 0.448. The molecule has 0 saturated carbocycles. The van der Waals surface area contributed by atoms with Crippen molar-refractivity contribution in [2.24, 2.45) is 0 Å². The SMILES string of the molecule is O=[N+]([O-])c1c(Nc2cc(Cl)cc(Cl)c2)ncnc1N1CCCC1. The molecule has 1 aromatic carbocycles. The fraction of sp³-hybridized carbons (Fsp3) is 0.286. The minimum Gasteiger partial charge on any atom is -0.351 e. The van der Waals surface area contributed by atoms with Crippen LogP contribution in [0.2, 0.25) is 10.0 Å². The number of hydrogen-bond donors (Lipinski definition) is 1. The van der Waals surface area contributed by atoms with Crippen molar-refractivity contribution in [3.63, 3.8) is 0 Å². The summed E-state index contributed by atoms with van der Waals surface area (Å²) in [4.78, 5) is 21.1. The van der Waals surface area contributed by atoms with Gasteiger partial charge in [0.05, 0.1) is 4.92 Å². The van der Waals surface area contributed by atoms with Crippen LogP contribution in [0.15, 0.2) is 24.5 Å². The van der Waals surface area contributed by atoms with E-state index in [4.69, 9.17) is 23.2 Å². The van der Waals surface area contributed by atoms with Gasteiger partial charge < -0.3 is 10.2 Å². The standard InChI is InChI=1S/C14H13Cl2N5O2/c15-9-5-10(16)7-11(6-9)19-13-12(21(22)23)14(18-8-17-13)20-3-1-2-4-20/h5-8H,1-4H2,(H,17,18,19). The highest BCUT2D eigenvalue weighted by molar-refractivity contribution is 6.35. The number of nitrogens with zero attached hydrogens (tertiary/aromatic N) is 4. The summed E-state index contributed by atoms with van der Waals surface area (Å²) in [5, 5.41) is 15.3. The predicted molar refractivity (Wildman–Crippen MR) is 89.9 cm³/mol. The largest absolute Gasteiger partial charge is 0.353 e. The lowest BCUT2D eigenvalue weighted by Crippen LogP contribution is -2.21. The maximum atomic E-state index is 11.5. The van der Waals surface area contributed by atoms with Crippen LogP contribution in [0.3, 0.4) is 0 Å². The Labute approximate surface area is 142 Å². The minimum absolute atomic E-state index is 0.116. The highest BCUT2D eigenvalue weighted by Gasteiger charge is 2.28. The zero-order valence-corrected chi connectivity index (χ0v) is 13.5. The van der Waals surface area contributed by atoms with Gasteiger partial charge in [0.25, 0.3) is 0 Å². The van der Waals surface area contributed by atoms with Gasteiger partial charge in [-0.3, -0.25) is 10.1 Å². The Morgan fingerprint density at radius 1 is 1.13 bits per heavy atom. The molecule has 1 aliphatic rings. The van der Waals surface area contributed by atoms with Crippen molar-refractivity contribution in [2.45, 2.75) is 12.8 Å². The Balaban J connectivity index is 2.01. The van der Waals surface area contributed by atoms with Gasteiger partial charge in [0, 0.05) is 28.8 Å². The summed E-state index contributed by atoms with van der Waals surface area (Å²) in [6, 6.07) is 4.82. The van der Waals surface area contributed by atoms with E-state index in [2.05, 4.69) is 15.3 Å². The molecule has 1 N–H and O–H groups in total. The van der Waals surface area contributed by atoms with E-state index in [0.29, 0.717) is 21.6 Å². The van der Waals surface area contributed by atoms with Gasteiger partial charge in [-0.15, -0.1) is 0 Å². The number of aromatic nitrogens is 2. The van der Waals surface area contributed by atoms with Crippen LogP contribution in [0.1, 0.15) is 12.8 Å². The van der Waals surface area contributed by atoms with Gasteiger partial charge >= 0.3 is 5.69 Å². The molecule has 2 aromatic rings. The molecule has 0 spiro atoms. The molecule has 0 unspecified atom stereocenters. The zero-order chi connectivity index (χ0) is 16.4. The molecule has 2 heterocycles. The summed E-state index contributed by atoms with van der Waals surface area (Å²) in [6.07, 6.45) is 3.30. The monoisotopic (exact) mass is 353 g/mol. The van der Waals surface area contributed by atoms with Gasteiger partial charge in [-0.2, -0.15) is 0 Å². The van der Waals surface area contributed by atoms with Crippen LogP contribution in [0, 0.1) is 10.1 Å². The third-order valence-electron chi connectivity index (χ3n) is 3.52. The Bertz CT molecular complexity index is 730. The lowest BCUT2D eigenvalue weighted by atomic mass is 10.3. The average molecular weight is 354 g/mol. The molecular formula is C14H13Cl2N5O2. The number of anilines is 3. The molecule has 1 saturated heterocycles. The third kappa shape index (κ3) is 3.46. The predicted octanol–water partition coefficient (Wildman–Crippen LogP) is 4.04. The van der Waals surface area contributed by atoms with E-state index in [1.807, 2.05) is 4.90 Å². The van der Waals surface area contributed by atoms with Crippen LogP contribution in [0.5, 0.6) is 0 Å². The highest BCUT2D eigenvalue weighted by Crippen LogP contribution is 2.35. The number of halogens is 2. The number of hydrogen-bond acceptors (Lipinski definition) is 6. The first kappa shape index (κ1) is 15.8. The molecule has 0 bridgehead atoms. The Hall–Kier alpha value is -2.12. The highest BCUT2D eigenvalue weighted by atomic mass is 35.5. The molecule has 120 valence electrons. The Morgan fingerprint density at radius 2 is 1.78 bits per heavy atom. The van der Waals surface area contributed by atoms with Crippen LogP contribution in [0.4, 0.5) is 23.0 Å². The topological polar surface area (TPSA) is 84.2 Å². The van der Waals surface area contributed by atoms with Crippen molar-refractivity contribution in [3.05, 3.63) is 44.7 Å². The van der Waals surface area contributed by atoms with Crippen molar-refractivity contribution in [2.75, 3.05) is 23.3 Å². The maximum Gasteiger partial charge on any atom is 0.353 e. The number of benzene rings is 1. The normalized spacial score (nSPS) is 14.1. The van der Waals surface area contributed by atoms with Crippen molar-refractivity contribution < 1.29 is 4.92 Å². The lowest BCUT2D eigenvalue weighted by Gasteiger charge is -2.17. The van der Waals surface area contributed by atoms with Gasteiger partial charge in [-0.05, 0) is 31.0 Å². The van der Waals surface area contributed by atoms with E-state index in [1.54, 1.807) is 18.2 Å².